The number of carbonyl (C=O) groups is 1. The highest BCUT2D eigenvalue weighted by Gasteiger charge is 2.29. The summed E-state index contributed by atoms with van der Waals surface area (Å²) in [6.45, 7) is 21.7. The molecule has 1 fully saturated rings. The average Bonchev–Trinajstić information content (AvgIpc) is 2.65. The molecule has 2 rings (SSSR count). The third-order valence-electron chi connectivity index (χ3n) is 6.64. The quantitative estimate of drug-likeness (QED) is 0.609. The van der Waals surface area contributed by atoms with E-state index in [-0.39, 0.29) is 28.1 Å². The van der Waals surface area contributed by atoms with Gasteiger partial charge >= 0.3 is 0 Å². The highest BCUT2D eigenvalue weighted by molar-refractivity contribution is 5.78. The first-order chi connectivity index (χ1) is 15.0. The zero-order chi connectivity index (χ0) is 25.2. The van der Waals surface area contributed by atoms with Crippen LogP contribution < -0.4 is 5.32 Å². The summed E-state index contributed by atoms with van der Waals surface area (Å²) in [5.74, 6) is 0.744. The van der Waals surface area contributed by atoms with Crippen molar-refractivity contribution in [1.82, 2.24) is 15.1 Å². The van der Waals surface area contributed by atoms with Crippen LogP contribution in [0.3, 0.4) is 0 Å². The molecule has 0 spiro atoms. The number of hydrogen-bond acceptors (Lipinski definition) is 4. The SMILES string of the molecule is CN(C)CC(C)(C)CNC(=O)C1CCN(Cc2cc(C(C)(C)C)c(O)c(C(C)(C)C)c2)CC1. The van der Waals surface area contributed by atoms with E-state index in [0.717, 1.165) is 50.1 Å². The van der Waals surface area contributed by atoms with Crippen LogP contribution in [0.25, 0.3) is 0 Å². The maximum atomic E-state index is 12.8. The van der Waals surface area contributed by atoms with Gasteiger partial charge in [-0.2, -0.15) is 0 Å². The van der Waals surface area contributed by atoms with Gasteiger partial charge in [0.15, 0.2) is 0 Å². The van der Waals surface area contributed by atoms with E-state index in [1.54, 1.807) is 0 Å². The van der Waals surface area contributed by atoms with Crippen molar-refractivity contribution in [3.8, 4) is 5.75 Å². The van der Waals surface area contributed by atoms with E-state index >= 15 is 0 Å². The number of piperidine rings is 1. The highest BCUT2D eigenvalue weighted by atomic mass is 16.3. The van der Waals surface area contributed by atoms with Crippen molar-refractivity contribution < 1.29 is 9.90 Å². The first kappa shape index (κ1) is 27.7. The van der Waals surface area contributed by atoms with Gasteiger partial charge in [-0.15, -0.1) is 0 Å². The molecule has 0 bridgehead atoms. The van der Waals surface area contributed by atoms with Gasteiger partial charge in [0.1, 0.15) is 5.75 Å². The average molecular weight is 460 g/mol. The lowest BCUT2D eigenvalue weighted by molar-refractivity contribution is -0.127. The van der Waals surface area contributed by atoms with Crippen LogP contribution in [0.2, 0.25) is 0 Å². The van der Waals surface area contributed by atoms with Gasteiger partial charge in [0.05, 0.1) is 0 Å². The van der Waals surface area contributed by atoms with Gasteiger partial charge in [-0.05, 0) is 73.0 Å². The Morgan fingerprint density at radius 1 is 1.00 bits per heavy atom. The van der Waals surface area contributed by atoms with Crippen molar-refractivity contribution in [2.24, 2.45) is 11.3 Å². The molecular formula is C28H49N3O2. The molecule has 0 unspecified atom stereocenters. The predicted octanol–water partition coefficient (Wildman–Crippen LogP) is 4.90. The van der Waals surface area contributed by atoms with Gasteiger partial charge < -0.3 is 15.3 Å². The van der Waals surface area contributed by atoms with Crippen LogP contribution in [0, 0.1) is 11.3 Å². The minimum absolute atomic E-state index is 0.0637. The van der Waals surface area contributed by atoms with Crippen LogP contribution in [0.5, 0.6) is 5.75 Å². The normalized spacial score (nSPS) is 16.9. The summed E-state index contributed by atoms with van der Waals surface area (Å²) in [4.78, 5) is 17.4. The first-order valence-corrected chi connectivity index (χ1v) is 12.5. The molecule has 0 radical (unpaired) electrons. The summed E-state index contributed by atoms with van der Waals surface area (Å²) in [5.41, 5.74) is 3.10. The maximum absolute atomic E-state index is 12.8. The second-order valence-electron chi connectivity index (χ2n) is 13.2. The van der Waals surface area contributed by atoms with Crippen LogP contribution in [0.1, 0.15) is 84.9 Å². The Kier molecular flexibility index (Phi) is 8.67. The summed E-state index contributed by atoms with van der Waals surface area (Å²) < 4.78 is 0. The van der Waals surface area contributed by atoms with E-state index in [1.807, 2.05) is 0 Å². The fraction of sp³-hybridized carbons (Fsp3) is 0.750. The van der Waals surface area contributed by atoms with Gasteiger partial charge in [0.25, 0.3) is 0 Å². The fourth-order valence-corrected chi connectivity index (χ4v) is 4.92. The number of nitrogens with zero attached hydrogens (tertiary/aromatic N) is 2. The van der Waals surface area contributed by atoms with Crippen molar-refractivity contribution in [2.75, 3.05) is 40.3 Å². The van der Waals surface area contributed by atoms with Gasteiger partial charge in [-0.1, -0.05) is 67.5 Å². The Hall–Kier alpha value is -1.59. The molecule has 2 N–H and O–H groups in total. The minimum atomic E-state index is -0.120. The van der Waals surface area contributed by atoms with Crippen molar-refractivity contribution in [3.05, 3.63) is 28.8 Å². The van der Waals surface area contributed by atoms with Crippen molar-refractivity contribution in [2.45, 2.75) is 85.6 Å². The standard InChI is InChI=1S/C28H49N3O2/c1-26(2,3)22-15-20(16-23(24(22)32)27(4,5)6)17-31-13-11-21(12-14-31)25(33)29-18-28(7,8)19-30(9)10/h15-16,21,32H,11-14,17-19H2,1-10H3,(H,29,33). The van der Waals surface area contributed by atoms with Crippen LogP contribution in [-0.4, -0.2) is 61.1 Å². The number of nitrogens with one attached hydrogen (secondary N) is 1. The molecule has 0 saturated carbocycles. The van der Waals surface area contributed by atoms with E-state index in [1.165, 1.54) is 5.56 Å². The van der Waals surface area contributed by atoms with Crippen LogP contribution in [0.15, 0.2) is 12.1 Å². The molecule has 0 aliphatic carbocycles. The highest BCUT2D eigenvalue weighted by Crippen LogP contribution is 2.40. The molecule has 1 aromatic carbocycles. The van der Waals surface area contributed by atoms with Crippen molar-refractivity contribution in [1.29, 1.82) is 0 Å². The maximum Gasteiger partial charge on any atom is 0.223 e. The topological polar surface area (TPSA) is 55.8 Å². The number of carbonyl (C=O) groups excluding carboxylic acids is 1. The van der Waals surface area contributed by atoms with Crippen molar-refractivity contribution in [3.63, 3.8) is 0 Å². The second-order valence-corrected chi connectivity index (χ2v) is 13.2. The summed E-state index contributed by atoms with van der Waals surface area (Å²) in [5, 5.41) is 14.2. The third kappa shape index (κ3) is 7.99. The van der Waals surface area contributed by atoms with E-state index in [2.05, 4.69) is 96.7 Å². The molecule has 1 aromatic rings. The number of hydrogen-bond donors (Lipinski definition) is 2. The lowest BCUT2D eigenvalue weighted by atomic mass is 9.78. The molecule has 0 atom stereocenters. The summed E-state index contributed by atoms with van der Waals surface area (Å²) in [6, 6.07) is 4.35. The molecule has 188 valence electrons. The number of amides is 1. The summed E-state index contributed by atoms with van der Waals surface area (Å²) >= 11 is 0. The van der Waals surface area contributed by atoms with E-state index in [9.17, 15) is 9.90 Å². The van der Waals surface area contributed by atoms with Crippen molar-refractivity contribution >= 4 is 5.91 Å². The molecule has 5 nitrogen and oxygen atoms in total. The molecule has 5 heteroatoms. The Morgan fingerprint density at radius 3 is 1.91 bits per heavy atom. The third-order valence-corrected chi connectivity index (χ3v) is 6.64. The number of phenols is 1. The molecule has 1 amide bonds. The molecule has 1 heterocycles. The Morgan fingerprint density at radius 2 is 1.48 bits per heavy atom. The smallest absolute Gasteiger partial charge is 0.223 e. The zero-order valence-corrected chi connectivity index (χ0v) is 22.9. The molecule has 1 saturated heterocycles. The van der Waals surface area contributed by atoms with Gasteiger partial charge in [0, 0.05) is 25.6 Å². The largest absolute Gasteiger partial charge is 0.507 e. The summed E-state index contributed by atoms with van der Waals surface area (Å²) in [7, 11) is 4.14. The second kappa shape index (κ2) is 10.4. The number of likely N-dealkylation sites (tertiary alicyclic amines) is 1. The summed E-state index contributed by atoms with van der Waals surface area (Å²) in [6.07, 6.45) is 1.80. The lowest BCUT2D eigenvalue weighted by Crippen LogP contribution is -2.44. The van der Waals surface area contributed by atoms with Gasteiger partial charge in [0.2, 0.25) is 5.91 Å². The molecule has 1 aliphatic heterocycles. The Balaban J connectivity index is 2.01. The van der Waals surface area contributed by atoms with Gasteiger partial charge in [-0.25, -0.2) is 0 Å². The van der Waals surface area contributed by atoms with E-state index < -0.39 is 0 Å². The zero-order valence-electron chi connectivity index (χ0n) is 22.9. The Labute approximate surface area is 202 Å². The predicted molar refractivity (Wildman–Crippen MR) is 139 cm³/mol. The monoisotopic (exact) mass is 459 g/mol. The number of rotatable bonds is 7. The molecule has 33 heavy (non-hydrogen) atoms. The van der Waals surface area contributed by atoms with Crippen LogP contribution in [-0.2, 0) is 22.2 Å². The minimum Gasteiger partial charge on any atom is -0.507 e. The lowest BCUT2D eigenvalue weighted by Gasteiger charge is -2.34. The molecular weight excluding hydrogens is 410 g/mol. The van der Waals surface area contributed by atoms with E-state index in [4.69, 9.17) is 0 Å². The number of phenolic OH excluding ortho intramolecular Hbond substituents is 1. The van der Waals surface area contributed by atoms with Crippen LogP contribution in [0.4, 0.5) is 0 Å². The number of benzene rings is 1. The molecule has 1 aliphatic rings. The van der Waals surface area contributed by atoms with Gasteiger partial charge in [-0.3, -0.25) is 9.69 Å². The Bertz CT molecular complexity index is 772. The first-order valence-electron chi connectivity index (χ1n) is 12.5. The van der Waals surface area contributed by atoms with Crippen LogP contribution >= 0.6 is 0 Å². The number of aromatic hydroxyl groups is 1. The fourth-order valence-electron chi connectivity index (χ4n) is 4.92. The van der Waals surface area contributed by atoms with E-state index in [0.29, 0.717) is 12.3 Å². The molecule has 0 aromatic heterocycles.